The van der Waals surface area contributed by atoms with Crippen molar-refractivity contribution in [3.63, 3.8) is 0 Å². The maximum absolute atomic E-state index is 5.68. The number of methoxy groups -OCH3 is 1. The quantitative estimate of drug-likeness (QED) is 0.478. The molecule has 1 nitrogen and oxygen atoms in total. The standard InChI is InChI=1S/C9H17O.Cu/c1-4-5-6-9(2)7-8-10-3;/h2H,4-8H2,1,3H3;/q-1;+1. The molecule has 2 heteroatoms. The minimum absolute atomic E-state index is 0. The monoisotopic (exact) mass is 204 g/mol. The van der Waals surface area contributed by atoms with E-state index in [1.807, 2.05) is 0 Å². The molecule has 0 aromatic heterocycles. The molecule has 0 rings (SSSR count). The van der Waals surface area contributed by atoms with Crippen molar-refractivity contribution < 1.29 is 21.8 Å². The molecule has 0 saturated heterocycles. The zero-order chi connectivity index (χ0) is 7.82. The van der Waals surface area contributed by atoms with Gasteiger partial charge in [-0.15, -0.1) is 0 Å². The zero-order valence-corrected chi connectivity index (χ0v) is 8.26. The van der Waals surface area contributed by atoms with Crippen LogP contribution in [-0.4, -0.2) is 13.7 Å². The summed E-state index contributed by atoms with van der Waals surface area (Å²) >= 11 is 0. The molecule has 0 aliphatic rings. The van der Waals surface area contributed by atoms with Crippen LogP contribution in [0.3, 0.4) is 0 Å². The van der Waals surface area contributed by atoms with E-state index in [-0.39, 0.29) is 17.1 Å². The third kappa shape index (κ3) is 10.2. The first-order valence-corrected chi connectivity index (χ1v) is 3.90. The summed E-state index contributed by atoms with van der Waals surface area (Å²) in [4.78, 5) is 0. The molecule has 0 amide bonds. The summed E-state index contributed by atoms with van der Waals surface area (Å²) in [6, 6.07) is 0. The van der Waals surface area contributed by atoms with Crippen molar-refractivity contribution in [2.45, 2.75) is 32.6 Å². The molecule has 0 radical (unpaired) electrons. The molecule has 0 bridgehead atoms. The molecule has 0 unspecified atom stereocenters. The summed E-state index contributed by atoms with van der Waals surface area (Å²) in [5.41, 5.74) is 1.07. The van der Waals surface area contributed by atoms with E-state index in [1.165, 1.54) is 12.8 Å². The molecule has 0 saturated carbocycles. The van der Waals surface area contributed by atoms with Crippen LogP contribution in [0.5, 0.6) is 0 Å². The summed E-state index contributed by atoms with van der Waals surface area (Å²) in [7, 11) is 1.70. The summed E-state index contributed by atoms with van der Waals surface area (Å²) in [5, 5.41) is 0. The predicted molar refractivity (Wildman–Crippen MR) is 43.8 cm³/mol. The van der Waals surface area contributed by atoms with Crippen LogP contribution in [0, 0.1) is 6.58 Å². The fourth-order valence-electron chi connectivity index (χ4n) is 0.762. The molecule has 0 fully saturated rings. The van der Waals surface area contributed by atoms with E-state index in [9.17, 15) is 0 Å². The van der Waals surface area contributed by atoms with E-state index < -0.39 is 0 Å². The Balaban J connectivity index is 0. The Labute approximate surface area is 80.7 Å². The van der Waals surface area contributed by atoms with Crippen molar-refractivity contribution in [1.82, 2.24) is 0 Å². The second-order valence-corrected chi connectivity index (χ2v) is 2.50. The number of rotatable bonds is 6. The Kier molecular flexibility index (Phi) is 12.8. The van der Waals surface area contributed by atoms with E-state index in [0.717, 1.165) is 25.0 Å². The number of unbranched alkanes of at least 4 members (excludes halogenated alkanes) is 1. The molecular formula is C9H17CuO. The summed E-state index contributed by atoms with van der Waals surface area (Å²) < 4.78 is 4.89. The average Bonchev–Trinajstić information content (AvgIpc) is 1.97. The molecular weight excluding hydrogens is 188 g/mol. The van der Waals surface area contributed by atoms with Gasteiger partial charge in [0.2, 0.25) is 0 Å². The number of hydrogen-bond donors (Lipinski definition) is 0. The van der Waals surface area contributed by atoms with Crippen LogP contribution in [0.1, 0.15) is 32.6 Å². The summed E-state index contributed by atoms with van der Waals surface area (Å²) in [6.07, 6.45) is 4.39. The van der Waals surface area contributed by atoms with Crippen LogP contribution in [-0.2, 0) is 21.8 Å². The van der Waals surface area contributed by atoms with E-state index in [4.69, 9.17) is 11.3 Å². The van der Waals surface area contributed by atoms with Crippen molar-refractivity contribution in [3.8, 4) is 0 Å². The van der Waals surface area contributed by atoms with E-state index in [2.05, 4.69) is 6.92 Å². The molecule has 0 aromatic carbocycles. The van der Waals surface area contributed by atoms with Crippen molar-refractivity contribution >= 4 is 0 Å². The van der Waals surface area contributed by atoms with Crippen LogP contribution in [0.25, 0.3) is 0 Å². The van der Waals surface area contributed by atoms with Gasteiger partial charge in [0.25, 0.3) is 0 Å². The molecule has 0 spiro atoms. The normalized spacial score (nSPS) is 8.91. The molecule has 0 N–H and O–H groups in total. The van der Waals surface area contributed by atoms with Gasteiger partial charge in [0.15, 0.2) is 0 Å². The minimum Gasteiger partial charge on any atom is -0.514 e. The fraction of sp³-hybridized carbons (Fsp3) is 0.778. The molecule has 0 aliphatic carbocycles. The van der Waals surface area contributed by atoms with Crippen LogP contribution in [0.4, 0.5) is 0 Å². The molecule has 0 atom stereocenters. The van der Waals surface area contributed by atoms with Crippen molar-refractivity contribution in [2.24, 2.45) is 0 Å². The van der Waals surface area contributed by atoms with Crippen LogP contribution < -0.4 is 0 Å². The Morgan fingerprint density at radius 1 is 1.36 bits per heavy atom. The zero-order valence-electron chi connectivity index (χ0n) is 7.32. The molecule has 11 heavy (non-hydrogen) atoms. The number of ether oxygens (including phenoxy) is 1. The predicted octanol–water partition coefficient (Wildman–Crippen LogP) is 2.57. The minimum atomic E-state index is 0. The van der Waals surface area contributed by atoms with Crippen LogP contribution in [0.15, 0.2) is 5.57 Å². The first-order chi connectivity index (χ1) is 4.81. The Hall–Kier alpha value is 0.219. The second kappa shape index (κ2) is 10.2. The Bertz CT molecular complexity index is 81.6. The van der Waals surface area contributed by atoms with E-state index >= 15 is 0 Å². The Morgan fingerprint density at radius 2 is 2.00 bits per heavy atom. The largest absolute Gasteiger partial charge is 1.00 e. The van der Waals surface area contributed by atoms with Gasteiger partial charge in [-0.1, -0.05) is 26.2 Å². The smallest absolute Gasteiger partial charge is 0.514 e. The summed E-state index contributed by atoms with van der Waals surface area (Å²) in [5.74, 6) is 0. The van der Waals surface area contributed by atoms with Gasteiger partial charge in [0.05, 0.1) is 0 Å². The van der Waals surface area contributed by atoms with E-state index in [1.54, 1.807) is 7.11 Å². The number of hydrogen-bond acceptors (Lipinski definition) is 1. The third-order valence-electron chi connectivity index (χ3n) is 1.48. The fourth-order valence-corrected chi connectivity index (χ4v) is 0.762. The van der Waals surface area contributed by atoms with Gasteiger partial charge in [0, 0.05) is 13.7 Å². The topological polar surface area (TPSA) is 9.23 Å². The molecule has 0 aliphatic heterocycles. The molecule has 0 aromatic rings. The maximum atomic E-state index is 5.68. The van der Waals surface area contributed by atoms with Gasteiger partial charge in [0.1, 0.15) is 0 Å². The molecule has 70 valence electrons. The first-order valence-electron chi connectivity index (χ1n) is 3.90. The first kappa shape index (κ1) is 13.8. The maximum Gasteiger partial charge on any atom is 1.00 e. The van der Waals surface area contributed by atoms with Crippen molar-refractivity contribution in [2.75, 3.05) is 13.7 Å². The van der Waals surface area contributed by atoms with Crippen molar-refractivity contribution in [1.29, 1.82) is 0 Å². The van der Waals surface area contributed by atoms with Gasteiger partial charge in [-0.3, -0.25) is 5.57 Å². The molecule has 0 heterocycles. The van der Waals surface area contributed by atoms with Crippen LogP contribution in [0.2, 0.25) is 0 Å². The SMILES string of the molecule is [CH-]=C(CCCC)CCOC.[Cu+]. The Morgan fingerprint density at radius 3 is 2.45 bits per heavy atom. The van der Waals surface area contributed by atoms with Crippen LogP contribution >= 0.6 is 0 Å². The van der Waals surface area contributed by atoms with Gasteiger partial charge >= 0.3 is 17.1 Å². The van der Waals surface area contributed by atoms with Gasteiger partial charge in [-0.05, 0) is 6.42 Å². The second-order valence-electron chi connectivity index (χ2n) is 2.50. The third-order valence-corrected chi connectivity index (χ3v) is 1.48. The van der Waals surface area contributed by atoms with Gasteiger partial charge in [-0.25, -0.2) is 0 Å². The van der Waals surface area contributed by atoms with E-state index in [0.29, 0.717) is 0 Å². The van der Waals surface area contributed by atoms with Gasteiger partial charge in [-0.2, -0.15) is 0 Å². The average molecular weight is 205 g/mol. The summed E-state index contributed by atoms with van der Waals surface area (Å²) in [6.45, 7) is 8.61. The van der Waals surface area contributed by atoms with Gasteiger partial charge < -0.3 is 11.3 Å². The van der Waals surface area contributed by atoms with Crippen molar-refractivity contribution in [3.05, 3.63) is 12.2 Å².